The van der Waals surface area contributed by atoms with Crippen molar-refractivity contribution in [3.8, 4) is 22.3 Å². The predicted molar refractivity (Wildman–Crippen MR) is 239 cm³/mol. The molecule has 8 rings (SSSR count). The average molecular weight is 851 g/mol. The molecule has 0 spiro atoms. The van der Waals surface area contributed by atoms with Crippen LogP contribution in [-0.4, -0.2) is 9.52 Å². The zero-order valence-corrected chi connectivity index (χ0v) is 38.6. The zero-order chi connectivity index (χ0) is 38.5. The van der Waals surface area contributed by atoms with Crippen LogP contribution in [0.25, 0.3) is 43.8 Å². The summed E-state index contributed by atoms with van der Waals surface area (Å²) in [5.41, 5.74) is 13.9. The topological polar surface area (TPSA) is 0 Å². The molecule has 2 fully saturated rings. The van der Waals surface area contributed by atoms with E-state index >= 15 is 0 Å². The van der Waals surface area contributed by atoms with Crippen LogP contribution in [0.2, 0.25) is 12.6 Å². The fourth-order valence-corrected chi connectivity index (χ4v) is 9.44. The van der Waals surface area contributed by atoms with E-state index in [4.69, 9.17) is 17.0 Å². The fourth-order valence-electron chi connectivity index (χ4n) is 8.94. The number of hydrogen-bond donors (Lipinski definition) is 0. The van der Waals surface area contributed by atoms with Crippen molar-refractivity contribution < 1.29 is 20.8 Å². The summed E-state index contributed by atoms with van der Waals surface area (Å²) in [7, 11) is 11.0. The first-order valence-electron chi connectivity index (χ1n) is 20.4. The second kappa shape index (κ2) is 21.9. The Balaban J connectivity index is 0.000000174. The predicted octanol–water partition coefficient (Wildman–Crippen LogP) is 16.1. The van der Waals surface area contributed by atoms with Crippen LogP contribution in [0, 0.1) is 39.5 Å². The summed E-state index contributed by atoms with van der Waals surface area (Å²) in [6, 6.07) is 38.4. The summed E-state index contributed by atoms with van der Waals surface area (Å²) < 4.78 is 0. The number of rotatable bonds is 8. The molecule has 6 aromatic carbocycles. The van der Waals surface area contributed by atoms with Crippen LogP contribution in [0.15, 0.2) is 97.1 Å². The van der Waals surface area contributed by atoms with Crippen LogP contribution in [0.5, 0.6) is 0 Å². The molecule has 2 aliphatic rings. The van der Waals surface area contributed by atoms with E-state index in [2.05, 4.69) is 138 Å². The minimum absolute atomic E-state index is 0.826. The van der Waals surface area contributed by atoms with Gasteiger partial charge in [-0.25, -0.2) is 0 Å². The van der Waals surface area contributed by atoms with E-state index in [-0.39, 0.29) is 0 Å². The molecule has 0 amide bonds. The molecule has 54 heavy (non-hydrogen) atoms. The molecule has 2 saturated carbocycles. The van der Waals surface area contributed by atoms with Gasteiger partial charge in [-0.2, -0.15) is 12.1 Å². The summed E-state index contributed by atoms with van der Waals surface area (Å²) >= 11 is -0.826. The van der Waals surface area contributed by atoms with E-state index in [0.29, 0.717) is 0 Å². The Labute approximate surface area is 348 Å². The van der Waals surface area contributed by atoms with E-state index < -0.39 is 20.8 Å². The van der Waals surface area contributed by atoms with Crippen LogP contribution in [0.4, 0.5) is 0 Å². The molecular formula is C50H60Cl2SiZr. The summed E-state index contributed by atoms with van der Waals surface area (Å²) in [5, 5.41) is 5.64. The second-order valence-electron chi connectivity index (χ2n) is 16.0. The van der Waals surface area contributed by atoms with Crippen molar-refractivity contribution in [3.05, 3.63) is 130 Å². The number of aryl methyl sites for hydroxylation is 4. The van der Waals surface area contributed by atoms with Gasteiger partial charge >= 0.3 is 37.9 Å². The van der Waals surface area contributed by atoms with Crippen LogP contribution >= 0.6 is 17.0 Å². The summed E-state index contributed by atoms with van der Waals surface area (Å²) in [5.74, 6) is 1.83. The Morgan fingerprint density at radius 3 is 1.28 bits per heavy atom. The van der Waals surface area contributed by atoms with E-state index in [1.165, 1.54) is 154 Å². The standard InChI is InChI=1S/2C23H25.C4H10Si.2ClH.Zr/c2*1-16-10-17(2)12-21(11-16)22-9-5-8-20-14-19(15-23(20)22)13-18-6-3-4-7-18;1-3-4-5-2;;;/h2*5,8-12,14-15,18H,3-4,6-7,13H2,1-2H3;3-4H2,1-2H3;2*1H;/q2*-1;;;;+4/p-2. The van der Waals surface area contributed by atoms with Crippen molar-refractivity contribution >= 4 is 48.1 Å². The van der Waals surface area contributed by atoms with Crippen molar-refractivity contribution in [3.63, 3.8) is 0 Å². The van der Waals surface area contributed by atoms with Gasteiger partial charge in [-0.05, 0) is 63.5 Å². The average Bonchev–Trinajstić information content (AvgIpc) is 3.97. The Morgan fingerprint density at radius 2 is 0.963 bits per heavy atom. The molecular weight excluding hydrogens is 791 g/mol. The molecule has 2 radical (unpaired) electrons. The van der Waals surface area contributed by atoms with E-state index in [1.807, 2.05) is 0 Å². The van der Waals surface area contributed by atoms with Gasteiger partial charge in [-0.1, -0.05) is 159 Å². The van der Waals surface area contributed by atoms with E-state index in [1.54, 1.807) is 0 Å². The molecule has 2 aliphatic carbocycles. The Morgan fingerprint density at radius 1 is 0.593 bits per heavy atom. The van der Waals surface area contributed by atoms with Crippen molar-refractivity contribution in [2.75, 3.05) is 0 Å². The number of hydrogen-bond acceptors (Lipinski definition) is 0. The molecule has 282 valence electrons. The second-order valence-corrected chi connectivity index (χ2v) is 20.9. The van der Waals surface area contributed by atoms with Crippen LogP contribution in [0.1, 0.15) is 98.1 Å². The van der Waals surface area contributed by atoms with Crippen molar-refractivity contribution in [1.82, 2.24) is 0 Å². The molecule has 0 atom stereocenters. The molecule has 0 unspecified atom stereocenters. The van der Waals surface area contributed by atoms with Gasteiger partial charge in [0.05, 0.1) is 0 Å². The van der Waals surface area contributed by atoms with Crippen molar-refractivity contribution in [1.29, 1.82) is 0 Å². The first kappa shape index (κ1) is 42.9. The van der Waals surface area contributed by atoms with Crippen LogP contribution in [0.3, 0.4) is 0 Å². The van der Waals surface area contributed by atoms with E-state index in [9.17, 15) is 0 Å². The third-order valence-corrected chi connectivity index (χ3v) is 12.2. The minimum atomic E-state index is -0.826. The van der Waals surface area contributed by atoms with Crippen LogP contribution in [-0.2, 0) is 33.7 Å². The number of halogens is 2. The van der Waals surface area contributed by atoms with Crippen molar-refractivity contribution in [2.45, 2.75) is 118 Å². The first-order valence-corrected chi connectivity index (χ1v) is 28.4. The SMILES string of the molecule is CCC[Si]C.Cc1cc(C)cc(-c2cccc3[cH-]c(CC4CCCC4)cc23)c1.Cc1cc(C)cc(-c2cccc3[cH-]c(CC4CCCC4)cc23)c1.[Cl][Zr+2][Cl]. The van der Waals surface area contributed by atoms with E-state index in [0.717, 1.165) is 21.4 Å². The van der Waals surface area contributed by atoms with Gasteiger partial charge in [-0.3, -0.25) is 0 Å². The normalized spacial score (nSPS) is 14.2. The summed E-state index contributed by atoms with van der Waals surface area (Å²) in [6.45, 7) is 13.2. The molecule has 0 saturated heterocycles. The Kier molecular flexibility index (Phi) is 17.4. The molecule has 6 aromatic rings. The Bertz CT molecular complexity index is 1850. The zero-order valence-electron chi connectivity index (χ0n) is 33.6. The van der Waals surface area contributed by atoms with Gasteiger partial charge in [0.2, 0.25) is 0 Å². The van der Waals surface area contributed by atoms with Gasteiger partial charge in [0.25, 0.3) is 0 Å². The third-order valence-electron chi connectivity index (χ3n) is 11.2. The fraction of sp³-hybridized carbons (Fsp3) is 0.400. The van der Waals surface area contributed by atoms with Crippen LogP contribution < -0.4 is 0 Å². The number of fused-ring (bicyclic) bond motifs is 2. The summed E-state index contributed by atoms with van der Waals surface area (Å²) in [6.07, 6.45) is 15.3. The maximum absolute atomic E-state index is 4.93. The van der Waals surface area contributed by atoms with Gasteiger partial charge in [0.15, 0.2) is 0 Å². The molecule has 0 bridgehead atoms. The molecule has 4 heteroatoms. The summed E-state index contributed by atoms with van der Waals surface area (Å²) in [4.78, 5) is 0. The third kappa shape index (κ3) is 12.4. The maximum atomic E-state index is 4.93. The van der Waals surface area contributed by atoms with Gasteiger partial charge in [0, 0.05) is 9.52 Å². The van der Waals surface area contributed by atoms with Gasteiger partial charge in [0.1, 0.15) is 0 Å². The number of benzene rings is 4. The van der Waals surface area contributed by atoms with Gasteiger partial charge < -0.3 is 0 Å². The monoisotopic (exact) mass is 848 g/mol. The molecule has 0 heterocycles. The quantitative estimate of drug-likeness (QED) is 0.106. The van der Waals surface area contributed by atoms with Crippen molar-refractivity contribution in [2.24, 2.45) is 11.8 Å². The molecule has 0 N–H and O–H groups in total. The molecule has 0 aliphatic heterocycles. The molecule has 0 nitrogen and oxygen atoms in total. The van der Waals surface area contributed by atoms with Gasteiger partial charge in [-0.15, -0.1) is 69.1 Å². The Hall–Kier alpha value is -2.22. The first-order chi connectivity index (χ1) is 26.2. The molecule has 0 aromatic heterocycles.